The first-order valence-electron chi connectivity index (χ1n) is 6.56. The number of aliphatic imine (C=N–C) groups is 1. The highest BCUT2D eigenvalue weighted by Crippen LogP contribution is 2.01. The lowest BCUT2D eigenvalue weighted by atomic mass is 10.1. The molecule has 0 bridgehead atoms. The van der Waals surface area contributed by atoms with E-state index in [1.807, 2.05) is 0 Å². The van der Waals surface area contributed by atoms with Gasteiger partial charge in [0.2, 0.25) is 0 Å². The summed E-state index contributed by atoms with van der Waals surface area (Å²) in [5, 5.41) is 6.18. The summed E-state index contributed by atoms with van der Waals surface area (Å²) in [5.41, 5.74) is 0. The van der Waals surface area contributed by atoms with E-state index in [0.29, 0.717) is 18.4 Å². The van der Waals surface area contributed by atoms with Gasteiger partial charge in [0.1, 0.15) is 0 Å². The van der Waals surface area contributed by atoms with E-state index in [-0.39, 0.29) is 35.5 Å². The molecule has 2 N–H and O–H groups in total. The molecule has 0 fully saturated rings. The normalized spacial score (nSPS) is 12.2. The highest BCUT2D eigenvalue weighted by atomic mass is 127. The zero-order valence-electron chi connectivity index (χ0n) is 12.4. The first-order chi connectivity index (χ1) is 8.41. The average molecular weight is 405 g/mol. The molecule has 0 saturated carbocycles. The topological polar surface area (TPSA) is 70.6 Å². The summed E-state index contributed by atoms with van der Waals surface area (Å²) in [6.45, 7) is 7.32. The van der Waals surface area contributed by atoms with Crippen LogP contribution in [0.2, 0.25) is 0 Å². The number of nitrogens with one attached hydrogen (secondary N) is 2. The lowest BCUT2D eigenvalue weighted by Gasteiger charge is -2.12. The highest BCUT2D eigenvalue weighted by molar-refractivity contribution is 14.0. The van der Waals surface area contributed by atoms with E-state index >= 15 is 0 Å². The van der Waals surface area contributed by atoms with Gasteiger partial charge in [0.05, 0.1) is 5.75 Å². The molecule has 0 unspecified atom stereocenters. The third-order valence-electron chi connectivity index (χ3n) is 2.62. The van der Waals surface area contributed by atoms with Crippen molar-refractivity contribution in [2.24, 2.45) is 10.9 Å². The number of hydrogen-bond donors (Lipinski definition) is 2. The van der Waals surface area contributed by atoms with E-state index in [0.717, 1.165) is 13.0 Å². The molecule has 0 amide bonds. The molecule has 116 valence electrons. The second-order valence-electron chi connectivity index (χ2n) is 4.70. The number of rotatable bonds is 8. The molecule has 0 aromatic carbocycles. The zero-order valence-corrected chi connectivity index (χ0v) is 15.5. The van der Waals surface area contributed by atoms with Crippen LogP contribution in [0.15, 0.2) is 4.99 Å². The van der Waals surface area contributed by atoms with Crippen molar-refractivity contribution in [1.29, 1.82) is 0 Å². The molecule has 0 saturated heterocycles. The van der Waals surface area contributed by atoms with Crippen molar-refractivity contribution >= 4 is 39.8 Å². The van der Waals surface area contributed by atoms with Gasteiger partial charge >= 0.3 is 0 Å². The summed E-state index contributed by atoms with van der Waals surface area (Å²) >= 11 is 0. The Morgan fingerprint density at radius 3 is 2.26 bits per heavy atom. The molecule has 7 heteroatoms. The minimum atomic E-state index is -2.91. The first kappa shape index (κ1) is 21.3. The van der Waals surface area contributed by atoms with Crippen LogP contribution in [-0.2, 0) is 9.84 Å². The van der Waals surface area contributed by atoms with Crippen molar-refractivity contribution in [2.45, 2.75) is 33.6 Å². The van der Waals surface area contributed by atoms with E-state index in [4.69, 9.17) is 0 Å². The smallest absolute Gasteiger partial charge is 0.191 e. The molecule has 0 spiro atoms. The summed E-state index contributed by atoms with van der Waals surface area (Å²) in [5.74, 6) is 1.72. The molecule has 0 aliphatic carbocycles. The van der Waals surface area contributed by atoms with Gasteiger partial charge in [0, 0.05) is 25.9 Å². The molecule has 19 heavy (non-hydrogen) atoms. The molecule has 0 atom stereocenters. The second-order valence-corrected chi connectivity index (χ2v) is 7.17. The summed E-state index contributed by atoms with van der Waals surface area (Å²) in [6, 6.07) is 0. The van der Waals surface area contributed by atoms with Crippen LogP contribution in [0.4, 0.5) is 0 Å². The Morgan fingerprint density at radius 1 is 1.21 bits per heavy atom. The first-order valence-corrected chi connectivity index (χ1v) is 8.38. The quantitative estimate of drug-likeness (QED) is 0.279. The van der Waals surface area contributed by atoms with Crippen LogP contribution >= 0.6 is 24.0 Å². The Balaban J connectivity index is 0. The van der Waals surface area contributed by atoms with Crippen LogP contribution in [0.5, 0.6) is 0 Å². The summed E-state index contributed by atoms with van der Waals surface area (Å²) in [4.78, 5) is 4.05. The predicted octanol–water partition coefficient (Wildman–Crippen LogP) is 1.64. The van der Waals surface area contributed by atoms with Crippen molar-refractivity contribution in [2.75, 3.05) is 31.6 Å². The van der Waals surface area contributed by atoms with Gasteiger partial charge in [-0.2, -0.15) is 0 Å². The Kier molecular flexibility index (Phi) is 13.1. The minimum Gasteiger partial charge on any atom is -0.356 e. The molecule has 0 heterocycles. The molecule has 0 aromatic rings. The molecule has 0 rings (SSSR count). The number of guanidine groups is 1. The van der Waals surface area contributed by atoms with Gasteiger partial charge in [-0.25, -0.2) is 8.42 Å². The van der Waals surface area contributed by atoms with E-state index in [1.54, 1.807) is 14.0 Å². The number of hydrogen-bond acceptors (Lipinski definition) is 3. The SMILES string of the molecule is CCS(=O)(=O)CCNC(=NC)NCCCC(C)C.I. The van der Waals surface area contributed by atoms with E-state index < -0.39 is 9.84 Å². The van der Waals surface area contributed by atoms with Crippen LogP contribution in [-0.4, -0.2) is 46.0 Å². The third kappa shape index (κ3) is 12.7. The summed E-state index contributed by atoms with van der Waals surface area (Å²) in [6.07, 6.45) is 2.26. The van der Waals surface area contributed by atoms with Gasteiger partial charge in [0.15, 0.2) is 15.8 Å². The molecular weight excluding hydrogens is 377 g/mol. The van der Waals surface area contributed by atoms with Crippen molar-refractivity contribution in [1.82, 2.24) is 10.6 Å². The largest absolute Gasteiger partial charge is 0.356 e. The van der Waals surface area contributed by atoms with Crippen LogP contribution in [0.25, 0.3) is 0 Å². The molecular formula is C12H28IN3O2S. The van der Waals surface area contributed by atoms with Crippen LogP contribution in [0.3, 0.4) is 0 Å². The maximum atomic E-state index is 11.3. The Bertz CT molecular complexity index is 343. The summed E-state index contributed by atoms with van der Waals surface area (Å²) < 4.78 is 22.6. The van der Waals surface area contributed by atoms with Gasteiger partial charge in [-0.1, -0.05) is 20.8 Å². The van der Waals surface area contributed by atoms with Gasteiger partial charge in [0.25, 0.3) is 0 Å². The fraction of sp³-hybridized carbons (Fsp3) is 0.917. The van der Waals surface area contributed by atoms with Gasteiger partial charge in [-0.05, 0) is 18.8 Å². The Hall–Kier alpha value is -0.0500. The molecule has 0 aliphatic heterocycles. The lowest BCUT2D eigenvalue weighted by molar-refractivity contribution is 0.549. The molecule has 5 nitrogen and oxygen atoms in total. The Morgan fingerprint density at radius 2 is 1.79 bits per heavy atom. The predicted molar refractivity (Wildman–Crippen MR) is 93.2 cm³/mol. The van der Waals surface area contributed by atoms with Crippen molar-refractivity contribution in [3.05, 3.63) is 0 Å². The minimum absolute atomic E-state index is 0. The van der Waals surface area contributed by atoms with Crippen LogP contribution in [0, 0.1) is 5.92 Å². The van der Waals surface area contributed by atoms with E-state index in [2.05, 4.69) is 29.5 Å². The lowest BCUT2D eigenvalue weighted by Crippen LogP contribution is -2.40. The Labute approximate surface area is 135 Å². The molecule has 0 aromatic heterocycles. The number of nitrogens with zero attached hydrogens (tertiary/aromatic N) is 1. The molecule has 0 radical (unpaired) electrons. The zero-order chi connectivity index (χ0) is 14.0. The standard InChI is InChI=1S/C12H27N3O2S.HI/c1-5-18(16,17)10-9-15-12(13-4)14-8-6-7-11(2)3;/h11H,5-10H2,1-4H3,(H2,13,14,15);1H. The van der Waals surface area contributed by atoms with Crippen molar-refractivity contribution < 1.29 is 8.42 Å². The van der Waals surface area contributed by atoms with E-state index in [9.17, 15) is 8.42 Å². The number of halogens is 1. The summed E-state index contributed by atoms with van der Waals surface area (Å²) in [7, 11) is -1.22. The highest BCUT2D eigenvalue weighted by Gasteiger charge is 2.07. The third-order valence-corrected chi connectivity index (χ3v) is 4.33. The van der Waals surface area contributed by atoms with E-state index in [1.165, 1.54) is 6.42 Å². The second kappa shape index (κ2) is 11.7. The van der Waals surface area contributed by atoms with Crippen LogP contribution in [0.1, 0.15) is 33.6 Å². The maximum absolute atomic E-state index is 11.3. The van der Waals surface area contributed by atoms with Gasteiger partial charge in [-0.15, -0.1) is 24.0 Å². The van der Waals surface area contributed by atoms with Crippen LogP contribution < -0.4 is 10.6 Å². The maximum Gasteiger partial charge on any atom is 0.191 e. The van der Waals surface area contributed by atoms with Gasteiger partial charge in [-0.3, -0.25) is 4.99 Å². The van der Waals surface area contributed by atoms with Crippen molar-refractivity contribution in [3.63, 3.8) is 0 Å². The fourth-order valence-corrected chi connectivity index (χ4v) is 2.11. The average Bonchev–Trinajstić information content (AvgIpc) is 2.31. The fourth-order valence-electron chi connectivity index (χ4n) is 1.41. The monoisotopic (exact) mass is 405 g/mol. The van der Waals surface area contributed by atoms with Crippen molar-refractivity contribution in [3.8, 4) is 0 Å². The number of sulfone groups is 1. The molecule has 0 aliphatic rings. The van der Waals surface area contributed by atoms with Gasteiger partial charge < -0.3 is 10.6 Å².